The second-order valence-corrected chi connectivity index (χ2v) is 8.43. The Balaban J connectivity index is 1.48. The number of hydrogen-bond donors (Lipinski definition) is 0. The molecule has 0 bridgehead atoms. The van der Waals surface area contributed by atoms with Crippen LogP contribution in [0.1, 0.15) is 37.9 Å². The minimum Gasteiger partial charge on any atom is -0.457 e. The first-order valence-electron chi connectivity index (χ1n) is 9.21. The number of carbonyl (C=O) groups excluding carboxylic acids is 2. The van der Waals surface area contributed by atoms with Crippen molar-refractivity contribution in [3.05, 3.63) is 52.1 Å². The molecule has 0 N–H and O–H groups in total. The van der Waals surface area contributed by atoms with Crippen LogP contribution in [0.2, 0.25) is 5.02 Å². The Morgan fingerprint density at radius 1 is 1.07 bits per heavy atom. The summed E-state index contributed by atoms with van der Waals surface area (Å²) in [5, 5.41) is 0.485. The molecule has 2 aliphatic rings. The Morgan fingerprint density at radius 2 is 1.81 bits per heavy atom. The van der Waals surface area contributed by atoms with Gasteiger partial charge in [0.2, 0.25) is 0 Å². The van der Waals surface area contributed by atoms with Crippen LogP contribution in [-0.2, 0) is 4.79 Å². The predicted molar refractivity (Wildman–Crippen MR) is 108 cm³/mol. The van der Waals surface area contributed by atoms with E-state index in [1.54, 1.807) is 24.3 Å². The van der Waals surface area contributed by atoms with Gasteiger partial charge in [0, 0.05) is 23.2 Å². The number of amides is 2. The van der Waals surface area contributed by atoms with Gasteiger partial charge in [0.15, 0.2) is 0 Å². The largest absolute Gasteiger partial charge is 0.457 e. The fourth-order valence-corrected chi connectivity index (χ4v) is 4.57. The first-order chi connectivity index (χ1) is 13.1. The van der Waals surface area contributed by atoms with Crippen molar-refractivity contribution in [1.29, 1.82) is 0 Å². The lowest BCUT2D eigenvalue weighted by Crippen LogP contribution is -2.34. The van der Waals surface area contributed by atoms with Crippen molar-refractivity contribution in [2.45, 2.75) is 32.1 Å². The van der Waals surface area contributed by atoms with Crippen LogP contribution in [0.4, 0.5) is 4.79 Å². The fraction of sp³-hybridized carbons (Fsp3) is 0.333. The monoisotopic (exact) mass is 401 g/mol. The van der Waals surface area contributed by atoms with Crippen LogP contribution >= 0.6 is 23.4 Å². The van der Waals surface area contributed by atoms with Gasteiger partial charge in [-0.05, 0) is 66.9 Å². The summed E-state index contributed by atoms with van der Waals surface area (Å²) < 4.78 is 5.83. The molecule has 4 nitrogen and oxygen atoms in total. The van der Waals surface area contributed by atoms with Crippen LogP contribution in [0.25, 0.3) is 17.4 Å². The molecular formula is C21H20ClNO3S. The number of imide groups is 1. The second kappa shape index (κ2) is 7.95. The van der Waals surface area contributed by atoms with E-state index in [0.717, 1.165) is 30.2 Å². The Hall–Kier alpha value is -1.98. The molecule has 2 fully saturated rings. The molecular weight excluding hydrogens is 382 g/mol. The quantitative estimate of drug-likeness (QED) is 0.571. The number of carbonyl (C=O) groups is 2. The number of nitrogens with zero attached hydrogens (tertiary/aromatic N) is 1. The summed E-state index contributed by atoms with van der Waals surface area (Å²) in [6, 6.07) is 11.0. The number of thioether (sulfide) groups is 1. The van der Waals surface area contributed by atoms with Gasteiger partial charge in [-0.3, -0.25) is 14.5 Å². The first kappa shape index (κ1) is 18.4. The standard InChI is InChI=1S/C21H20ClNO3S/c22-16-8-6-15(7-9-16)18-11-10-17(26-18)12-19-20(24)23(21(25)27-19)13-14-4-2-1-3-5-14/h6-12,14H,1-5,13H2/b19-12+. The molecule has 0 radical (unpaired) electrons. The summed E-state index contributed by atoms with van der Waals surface area (Å²) in [7, 11) is 0. The second-order valence-electron chi connectivity index (χ2n) is 7.01. The zero-order valence-corrected chi connectivity index (χ0v) is 16.4. The smallest absolute Gasteiger partial charge is 0.293 e. The molecule has 2 heterocycles. The summed E-state index contributed by atoms with van der Waals surface area (Å²) in [5.41, 5.74) is 0.907. The lowest BCUT2D eigenvalue weighted by molar-refractivity contribution is -0.123. The highest BCUT2D eigenvalue weighted by Crippen LogP contribution is 2.35. The van der Waals surface area contributed by atoms with Crippen molar-refractivity contribution in [3.63, 3.8) is 0 Å². The number of benzene rings is 1. The van der Waals surface area contributed by atoms with Gasteiger partial charge in [-0.25, -0.2) is 0 Å². The number of furan rings is 1. The highest BCUT2D eigenvalue weighted by atomic mass is 35.5. The fourth-order valence-electron chi connectivity index (χ4n) is 3.61. The molecule has 2 amide bonds. The molecule has 140 valence electrons. The molecule has 1 saturated carbocycles. The van der Waals surface area contributed by atoms with Gasteiger partial charge in [0.25, 0.3) is 11.1 Å². The minimum atomic E-state index is -0.208. The number of hydrogen-bond acceptors (Lipinski definition) is 4. The van der Waals surface area contributed by atoms with Gasteiger partial charge < -0.3 is 4.42 Å². The zero-order chi connectivity index (χ0) is 18.8. The molecule has 1 aromatic carbocycles. The number of rotatable bonds is 4. The van der Waals surface area contributed by atoms with E-state index in [0.29, 0.717) is 33.9 Å². The van der Waals surface area contributed by atoms with Crippen LogP contribution in [-0.4, -0.2) is 22.6 Å². The van der Waals surface area contributed by atoms with Crippen LogP contribution in [0.5, 0.6) is 0 Å². The third-order valence-corrected chi connectivity index (χ3v) is 6.23. The molecule has 1 aromatic heterocycles. The van der Waals surface area contributed by atoms with Gasteiger partial charge >= 0.3 is 0 Å². The van der Waals surface area contributed by atoms with Gasteiger partial charge in [0.1, 0.15) is 11.5 Å². The van der Waals surface area contributed by atoms with Crippen molar-refractivity contribution in [1.82, 2.24) is 4.90 Å². The SMILES string of the molecule is O=C1S/C(=C/c2ccc(-c3ccc(Cl)cc3)o2)C(=O)N1CC1CCCCC1. The van der Waals surface area contributed by atoms with Crippen LogP contribution < -0.4 is 0 Å². The minimum absolute atomic E-state index is 0.179. The molecule has 1 saturated heterocycles. The van der Waals surface area contributed by atoms with Crippen molar-refractivity contribution in [3.8, 4) is 11.3 Å². The highest BCUT2D eigenvalue weighted by Gasteiger charge is 2.36. The van der Waals surface area contributed by atoms with Crippen molar-refractivity contribution < 1.29 is 14.0 Å². The maximum atomic E-state index is 12.7. The molecule has 1 aliphatic heterocycles. The van der Waals surface area contributed by atoms with Crippen LogP contribution in [0.3, 0.4) is 0 Å². The lowest BCUT2D eigenvalue weighted by Gasteiger charge is -2.25. The average molecular weight is 402 g/mol. The Morgan fingerprint density at radius 3 is 2.56 bits per heavy atom. The molecule has 0 unspecified atom stereocenters. The highest BCUT2D eigenvalue weighted by molar-refractivity contribution is 8.18. The van der Waals surface area contributed by atoms with E-state index >= 15 is 0 Å². The normalized spacial score (nSPS) is 20.0. The van der Waals surface area contributed by atoms with E-state index < -0.39 is 0 Å². The van der Waals surface area contributed by atoms with Crippen molar-refractivity contribution >= 4 is 40.6 Å². The van der Waals surface area contributed by atoms with Gasteiger partial charge in [-0.15, -0.1) is 0 Å². The Labute approximate surface area is 167 Å². The van der Waals surface area contributed by atoms with E-state index in [1.165, 1.54) is 24.2 Å². The van der Waals surface area contributed by atoms with Crippen LogP contribution in [0, 0.1) is 5.92 Å². The summed E-state index contributed by atoms with van der Waals surface area (Å²) in [6.07, 6.45) is 7.50. The summed E-state index contributed by atoms with van der Waals surface area (Å²) in [4.78, 5) is 26.8. The van der Waals surface area contributed by atoms with Gasteiger partial charge in [-0.1, -0.05) is 30.9 Å². The van der Waals surface area contributed by atoms with E-state index in [-0.39, 0.29) is 11.1 Å². The zero-order valence-electron chi connectivity index (χ0n) is 14.8. The van der Waals surface area contributed by atoms with Crippen LogP contribution in [0.15, 0.2) is 45.7 Å². The maximum Gasteiger partial charge on any atom is 0.293 e. The van der Waals surface area contributed by atoms with Crippen molar-refractivity contribution in [2.75, 3.05) is 6.54 Å². The molecule has 27 heavy (non-hydrogen) atoms. The van der Waals surface area contributed by atoms with Gasteiger partial charge in [-0.2, -0.15) is 0 Å². The van der Waals surface area contributed by atoms with E-state index in [1.807, 2.05) is 18.2 Å². The van der Waals surface area contributed by atoms with E-state index in [2.05, 4.69) is 0 Å². The average Bonchev–Trinajstić information content (AvgIpc) is 3.24. The van der Waals surface area contributed by atoms with Gasteiger partial charge in [0.05, 0.1) is 4.91 Å². The van der Waals surface area contributed by atoms with E-state index in [4.69, 9.17) is 16.0 Å². The summed E-state index contributed by atoms with van der Waals surface area (Å²) in [5.74, 6) is 1.48. The van der Waals surface area contributed by atoms with E-state index in [9.17, 15) is 9.59 Å². The predicted octanol–water partition coefficient (Wildman–Crippen LogP) is 6.22. The molecule has 0 atom stereocenters. The molecule has 1 aliphatic carbocycles. The maximum absolute atomic E-state index is 12.7. The molecule has 4 rings (SSSR count). The first-order valence-corrected chi connectivity index (χ1v) is 10.4. The molecule has 0 spiro atoms. The molecule has 2 aromatic rings. The summed E-state index contributed by atoms with van der Waals surface area (Å²) in [6.45, 7) is 0.538. The molecule has 6 heteroatoms. The third kappa shape index (κ3) is 4.14. The van der Waals surface area contributed by atoms with Crippen molar-refractivity contribution in [2.24, 2.45) is 5.92 Å². The number of halogens is 1. The topological polar surface area (TPSA) is 50.5 Å². The third-order valence-electron chi connectivity index (χ3n) is 5.07. The lowest BCUT2D eigenvalue weighted by atomic mass is 9.89. The summed E-state index contributed by atoms with van der Waals surface area (Å²) >= 11 is 6.91. The Bertz CT molecular complexity index is 881. The Kier molecular flexibility index (Phi) is 5.41.